The van der Waals surface area contributed by atoms with Gasteiger partial charge in [-0.15, -0.1) is 10.2 Å². The van der Waals surface area contributed by atoms with Gasteiger partial charge in [-0.3, -0.25) is 4.57 Å². The largest absolute Gasteiger partial charge is 0.391 e. The first-order valence-electron chi connectivity index (χ1n) is 3.95. The number of aryl methyl sites for hydroxylation is 1. The Labute approximate surface area is 83.9 Å². The van der Waals surface area contributed by atoms with Crippen molar-refractivity contribution >= 4 is 11.6 Å². The molecule has 1 atom stereocenters. The number of hydrogen-bond acceptors (Lipinski definition) is 2. The Balaban J connectivity index is 2.84. The highest BCUT2D eigenvalue weighted by Crippen LogP contribution is 2.29. The number of nitrogens with zero attached hydrogens (tertiary/aromatic N) is 3. The van der Waals surface area contributed by atoms with Crippen LogP contribution in [0.3, 0.4) is 0 Å². The Bertz CT molecular complexity index is 301. The monoisotopic (exact) mass is 227 g/mol. The molecule has 80 valence electrons. The van der Waals surface area contributed by atoms with Crippen LogP contribution in [0.4, 0.5) is 13.2 Å². The molecule has 0 saturated carbocycles. The summed E-state index contributed by atoms with van der Waals surface area (Å²) in [6.45, 7) is 2.99. The van der Waals surface area contributed by atoms with E-state index in [0.717, 1.165) is 0 Å². The highest BCUT2D eigenvalue weighted by molar-refractivity contribution is 6.28. The van der Waals surface area contributed by atoms with E-state index in [1.54, 1.807) is 6.92 Å². The number of rotatable bonds is 2. The molecule has 0 aliphatic carbocycles. The molecule has 3 nitrogen and oxygen atoms in total. The first-order chi connectivity index (χ1) is 6.31. The first kappa shape index (κ1) is 11.3. The molecule has 0 spiro atoms. The van der Waals surface area contributed by atoms with Crippen molar-refractivity contribution < 1.29 is 13.2 Å². The molecule has 1 aromatic heterocycles. The molecule has 0 aliphatic heterocycles. The third kappa shape index (κ3) is 2.60. The Morgan fingerprint density at radius 3 is 2.36 bits per heavy atom. The summed E-state index contributed by atoms with van der Waals surface area (Å²) in [7, 11) is 0. The fourth-order valence-corrected chi connectivity index (χ4v) is 1.60. The van der Waals surface area contributed by atoms with Crippen molar-refractivity contribution in [2.75, 3.05) is 0 Å². The smallest absolute Gasteiger partial charge is 0.299 e. The molecule has 0 radical (unpaired) electrons. The van der Waals surface area contributed by atoms with Gasteiger partial charge in [-0.25, -0.2) is 0 Å². The van der Waals surface area contributed by atoms with E-state index in [9.17, 15) is 13.2 Å². The van der Waals surface area contributed by atoms with Crippen molar-refractivity contribution in [3.8, 4) is 0 Å². The van der Waals surface area contributed by atoms with Crippen LogP contribution in [0.25, 0.3) is 0 Å². The topological polar surface area (TPSA) is 30.7 Å². The minimum Gasteiger partial charge on any atom is -0.299 e. The fourth-order valence-electron chi connectivity index (χ4n) is 1.27. The third-order valence-electron chi connectivity index (χ3n) is 1.79. The Morgan fingerprint density at radius 1 is 1.43 bits per heavy atom. The van der Waals surface area contributed by atoms with Crippen molar-refractivity contribution in [3.05, 3.63) is 11.1 Å². The molecule has 0 fully saturated rings. The van der Waals surface area contributed by atoms with Crippen LogP contribution in [-0.4, -0.2) is 20.9 Å². The second-order valence-electron chi connectivity index (χ2n) is 3.05. The summed E-state index contributed by atoms with van der Waals surface area (Å²) in [5.74, 6) is 0.381. The molecule has 7 heteroatoms. The summed E-state index contributed by atoms with van der Waals surface area (Å²) in [5, 5.41) is 7.04. The zero-order valence-corrected chi connectivity index (χ0v) is 8.39. The Morgan fingerprint density at radius 2 is 2.00 bits per heavy atom. The predicted molar refractivity (Wildman–Crippen MR) is 45.2 cm³/mol. The summed E-state index contributed by atoms with van der Waals surface area (Å²) in [4.78, 5) is 0. The highest BCUT2D eigenvalue weighted by Gasteiger charge is 2.31. The summed E-state index contributed by atoms with van der Waals surface area (Å²) >= 11 is 5.59. The normalized spacial score (nSPS) is 14.4. The van der Waals surface area contributed by atoms with Gasteiger partial charge in [0, 0.05) is 6.04 Å². The van der Waals surface area contributed by atoms with E-state index in [2.05, 4.69) is 10.2 Å². The average molecular weight is 228 g/mol. The van der Waals surface area contributed by atoms with Crippen molar-refractivity contribution in [1.29, 1.82) is 0 Å². The third-order valence-corrected chi connectivity index (χ3v) is 2.05. The minimum absolute atomic E-state index is 0.0146. The van der Waals surface area contributed by atoms with E-state index in [1.807, 2.05) is 0 Å². The standard InChI is InChI=1S/C7H9ClF3N3/c1-4(3-7(9,10)11)14-5(2)12-13-6(14)8/h4H,3H2,1-2H3. The zero-order chi connectivity index (χ0) is 10.9. The summed E-state index contributed by atoms with van der Waals surface area (Å²) < 4.78 is 37.5. The summed E-state index contributed by atoms with van der Waals surface area (Å²) in [6.07, 6.45) is -5.15. The van der Waals surface area contributed by atoms with E-state index >= 15 is 0 Å². The Hall–Kier alpha value is -0.780. The van der Waals surface area contributed by atoms with E-state index < -0.39 is 18.6 Å². The van der Waals surface area contributed by atoms with Gasteiger partial charge < -0.3 is 0 Å². The lowest BCUT2D eigenvalue weighted by atomic mass is 10.2. The average Bonchev–Trinajstić information content (AvgIpc) is 2.27. The van der Waals surface area contributed by atoms with Crippen LogP contribution in [0.15, 0.2) is 0 Å². The predicted octanol–water partition coefficient (Wildman–Crippen LogP) is 2.75. The van der Waals surface area contributed by atoms with Crippen LogP contribution in [0.2, 0.25) is 5.28 Å². The maximum absolute atomic E-state index is 12.1. The molecule has 14 heavy (non-hydrogen) atoms. The lowest BCUT2D eigenvalue weighted by molar-refractivity contribution is -0.141. The van der Waals surface area contributed by atoms with Gasteiger partial charge in [0.25, 0.3) is 0 Å². The van der Waals surface area contributed by atoms with Crippen LogP contribution < -0.4 is 0 Å². The van der Waals surface area contributed by atoms with Gasteiger partial charge in [0.1, 0.15) is 5.82 Å². The lowest BCUT2D eigenvalue weighted by Crippen LogP contribution is -2.17. The first-order valence-corrected chi connectivity index (χ1v) is 4.33. The zero-order valence-electron chi connectivity index (χ0n) is 7.64. The molecule has 0 bridgehead atoms. The molecule has 0 aliphatic rings. The number of alkyl halides is 3. The molecular formula is C7H9ClF3N3. The molecule has 1 rings (SSSR count). The Kier molecular flexibility index (Phi) is 3.04. The molecule has 1 unspecified atom stereocenters. The van der Waals surface area contributed by atoms with Gasteiger partial charge >= 0.3 is 6.18 Å². The van der Waals surface area contributed by atoms with Crippen LogP contribution in [0.5, 0.6) is 0 Å². The van der Waals surface area contributed by atoms with Crippen LogP contribution in [-0.2, 0) is 0 Å². The fraction of sp³-hybridized carbons (Fsp3) is 0.714. The second-order valence-corrected chi connectivity index (χ2v) is 3.39. The quantitative estimate of drug-likeness (QED) is 0.778. The van der Waals surface area contributed by atoms with Crippen molar-refractivity contribution in [3.63, 3.8) is 0 Å². The SMILES string of the molecule is Cc1nnc(Cl)n1C(C)CC(F)(F)F. The molecule has 0 amide bonds. The molecule has 1 heterocycles. The number of aromatic nitrogens is 3. The summed E-state index contributed by atoms with van der Waals surface area (Å²) in [6, 6.07) is -0.780. The number of halogens is 4. The van der Waals surface area contributed by atoms with Gasteiger partial charge in [0.15, 0.2) is 0 Å². The van der Waals surface area contributed by atoms with Gasteiger partial charge in [-0.1, -0.05) is 0 Å². The van der Waals surface area contributed by atoms with Crippen molar-refractivity contribution in [2.24, 2.45) is 0 Å². The van der Waals surface area contributed by atoms with E-state index in [-0.39, 0.29) is 5.28 Å². The van der Waals surface area contributed by atoms with E-state index in [4.69, 9.17) is 11.6 Å². The van der Waals surface area contributed by atoms with Crippen LogP contribution in [0, 0.1) is 6.92 Å². The van der Waals surface area contributed by atoms with Gasteiger partial charge in [0.05, 0.1) is 6.42 Å². The van der Waals surface area contributed by atoms with Gasteiger partial charge in [-0.05, 0) is 25.4 Å². The highest BCUT2D eigenvalue weighted by atomic mass is 35.5. The minimum atomic E-state index is -4.21. The van der Waals surface area contributed by atoms with Gasteiger partial charge in [0.2, 0.25) is 5.28 Å². The van der Waals surface area contributed by atoms with Gasteiger partial charge in [-0.2, -0.15) is 13.2 Å². The molecule has 1 aromatic rings. The van der Waals surface area contributed by atoms with Crippen molar-refractivity contribution in [2.45, 2.75) is 32.5 Å². The van der Waals surface area contributed by atoms with Crippen LogP contribution in [0.1, 0.15) is 25.2 Å². The maximum atomic E-state index is 12.1. The maximum Gasteiger partial charge on any atom is 0.391 e. The molecule has 0 aromatic carbocycles. The molecule has 0 N–H and O–H groups in total. The van der Waals surface area contributed by atoms with Crippen LogP contribution >= 0.6 is 11.6 Å². The molecular weight excluding hydrogens is 219 g/mol. The van der Waals surface area contributed by atoms with E-state index in [1.165, 1.54) is 11.5 Å². The lowest BCUT2D eigenvalue weighted by Gasteiger charge is -2.16. The number of hydrogen-bond donors (Lipinski definition) is 0. The van der Waals surface area contributed by atoms with E-state index in [0.29, 0.717) is 5.82 Å². The summed E-state index contributed by atoms with van der Waals surface area (Å²) in [5.41, 5.74) is 0. The molecule has 0 saturated heterocycles. The second kappa shape index (κ2) is 3.76. The van der Waals surface area contributed by atoms with Crippen molar-refractivity contribution in [1.82, 2.24) is 14.8 Å².